The standard InChI is InChI=1S/C12H11BrO4S/c1-5-6(10(14)15)3-4-7-8(5)12(2,13)9(18-7)11(16)17/h3-4,9H,1-2H3,(H,14,15)(H,16,17). The lowest BCUT2D eigenvalue weighted by Gasteiger charge is -2.23. The van der Waals surface area contributed by atoms with Crippen LogP contribution in [0.1, 0.15) is 28.4 Å². The molecular weight excluding hydrogens is 320 g/mol. The van der Waals surface area contributed by atoms with Crippen LogP contribution in [-0.2, 0) is 9.12 Å². The van der Waals surface area contributed by atoms with Crippen LogP contribution in [-0.4, -0.2) is 27.4 Å². The summed E-state index contributed by atoms with van der Waals surface area (Å²) in [5.74, 6) is -1.91. The molecule has 0 saturated carbocycles. The number of thioether (sulfide) groups is 1. The Balaban J connectivity index is 2.65. The molecule has 0 fully saturated rings. The van der Waals surface area contributed by atoms with E-state index in [2.05, 4.69) is 15.9 Å². The first-order valence-electron chi connectivity index (χ1n) is 5.22. The minimum atomic E-state index is -0.998. The van der Waals surface area contributed by atoms with E-state index >= 15 is 0 Å². The van der Waals surface area contributed by atoms with Crippen molar-refractivity contribution in [3.8, 4) is 0 Å². The number of halogens is 1. The molecule has 0 aliphatic carbocycles. The highest BCUT2D eigenvalue weighted by molar-refractivity contribution is 9.09. The second-order valence-electron chi connectivity index (χ2n) is 4.33. The average molecular weight is 331 g/mol. The molecule has 96 valence electrons. The van der Waals surface area contributed by atoms with Crippen molar-refractivity contribution >= 4 is 39.6 Å². The largest absolute Gasteiger partial charge is 0.480 e. The predicted octanol–water partition coefficient (Wildman–Crippen LogP) is 2.86. The Morgan fingerprint density at radius 2 is 2.00 bits per heavy atom. The van der Waals surface area contributed by atoms with E-state index < -0.39 is 21.5 Å². The molecule has 1 aromatic carbocycles. The Bertz CT molecular complexity index is 553. The second kappa shape index (κ2) is 4.28. The second-order valence-corrected chi connectivity index (χ2v) is 7.12. The average Bonchev–Trinajstić information content (AvgIpc) is 2.50. The highest BCUT2D eigenvalue weighted by Gasteiger charge is 2.47. The molecule has 2 unspecified atom stereocenters. The minimum absolute atomic E-state index is 0.214. The SMILES string of the molecule is Cc1c(C(=O)O)ccc2c1C(C)(Br)C(C(=O)O)S2. The van der Waals surface area contributed by atoms with E-state index in [0.717, 1.165) is 10.5 Å². The summed E-state index contributed by atoms with van der Waals surface area (Å²) in [5.41, 5.74) is 1.60. The maximum Gasteiger partial charge on any atom is 0.335 e. The van der Waals surface area contributed by atoms with E-state index in [1.807, 2.05) is 0 Å². The quantitative estimate of drug-likeness (QED) is 0.815. The Labute approximate surface area is 117 Å². The molecule has 0 aromatic heterocycles. The Hall–Kier alpha value is -1.01. The van der Waals surface area contributed by atoms with E-state index in [4.69, 9.17) is 5.11 Å². The van der Waals surface area contributed by atoms with Crippen LogP contribution in [0.25, 0.3) is 0 Å². The summed E-state index contributed by atoms with van der Waals surface area (Å²) in [5, 5.41) is 17.7. The molecule has 18 heavy (non-hydrogen) atoms. The third kappa shape index (κ3) is 1.83. The number of carbonyl (C=O) groups is 2. The van der Waals surface area contributed by atoms with Gasteiger partial charge in [-0.2, -0.15) is 0 Å². The van der Waals surface area contributed by atoms with E-state index in [9.17, 15) is 14.7 Å². The van der Waals surface area contributed by atoms with Gasteiger partial charge in [-0.25, -0.2) is 4.79 Å². The lowest BCUT2D eigenvalue weighted by atomic mass is 9.91. The maximum atomic E-state index is 11.2. The van der Waals surface area contributed by atoms with Crippen LogP contribution in [0.5, 0.6) is 0 Å². The van der Waals surface area contributed by atoms with Crippen LogP contribution in [0, 0.1) is 6.92 Å². The van der Waals surface area contributed by atoms with E-state index in [-0.39, 0.29) is 5.56 Å². The van der Waals surface area contributed by atoms with Gasteiger partial charge in [0.25, 0.3) is 0 Å². The zero-order chi connectivity index (χ0) is 13.7. The molecule has 1 aliphatic heterocycles. The monoisotopic (exact) mass is 330 g/mol. The number of hydrogen-bond acceptors (Lipinski definition) is 3. The van der Waals surface area contributed by atoms with Gasteiger partial charge in [0.05, 0.1) is 9.89 Å². The first kappa shape index (κ1) is 13.4. The van der Waals surface area contributed by atoms with Crippen molar-refractivity contribution in [3.05, 3.63) is 28.8 Å². The van der Waals surface area contributed by atoms with E-state index in [0.29, 0.717) is 5.56 Å². The molecule has 2 atom stereocenters. The fraction of sp³-hybridized carbons (Fsp3) is 0.333. The molecule has 2 N–H and O–H groups in total. The smallest absolute Gasteiger partial charge is 0.335 e. The van der Waals surface area contributed by atoms with Gasteiger partial charge in [0.15, 0.2) is 0 Å². The molecule has 0 amide bonds. The lowest BCUT2D eigenvalue weighted by molar-refractivity contribution is -0.136. The number of aromatic carboxylic acids is 1. The van der Waals surface area contributed by atoms with Crippen LogP contribution in [0.2, 0.25) is 0 Å². The van der Waals surface area contributed by atoms with E-state index in [1.54, 1.807) is 19.9 Å². The van der Waals surface area contributed by atoms with Crippen molar-refractivity contribution in [1.82, 2.24) is 0 Å². The number of rotatable bonds is 2. The summed E-state index contributed by atoms with van der Waals surface area (Å²) in [6, 6.07) is 3.20. The Morgan fingerprint density at radius 3 is 2.50 bits per heavy atom. The first-order chi connectivity index (χ1) is 8.26. The third-order valence-electron chi connectivity index (χ3n) is 3.11. The number of carboxylic acid groups (broad SMARTS) is 2. The van der Waals surface area contributed by atoms with Crippen molar-refractivity contribution in [2.75, 3.05) is 0 Å². The molecule has 2 rings (SSSR count). The van der Waals surface area contributed by atoms with Gasteiger partial charge in [-0.1, -0.05) is 15.9 Å². The van der Waals surface area contributed by atoms with Crippen molar-refractivity contribution in [2.24, 2.45) is 0 Å². The van der Waals surface area contributed by atoms with Crippen LogP contribution < -0.4 is 0 Å². The van der Waals surface area contributed by atoms with Gasteiger partial charge in [-0.15, -0.1) is 11.8 Å². The van der Waals surface area contributed by atoms with Gasteiger partial charge in [0.1, 0.15) is 5.25 Å². The number of hydrogen-bond donors (Lipinski definition) is 2. The highest BCUT2D eigenvalue weighted by Crippen LogP contribution is 2.54. The molecule has 0 bridgehead atoms. The number of alkyl halides is 1. The molecule has 1 aliphatic rings. The van der Waals surface area contributed by atoms with Crippen LogP contribution in [0.3, 0.4) is 0 Å². The van der Waals surface area contributed by atoms with Gasteiger partial charge >= 0.3 is 11.9 Å². The molecule has 0 saturated heterocycles. The van der Waals surface area contributed by atoms with Gasteiger partial charge < -0.3 is 10.2 Å². The molecule has 4 nitrogen and oxygen atoms in total. The number of carboxylic acids is 2. The zero-order valence-electron chi connectivity index (χ0n) is 9.73. The summed E-state index contributed by atoms with van der Waals surface area (Å²) < 4.78 is -0.756. The molecule has 6 heteroatoms. The Morgan fingerprint density at radius 1 is 1.39 bits per heavy atom. The number of fused-ring (bicyclic) bond motifs is 1. The van der Waals surface area contributed by atoms with Crippen molar-refractivity contribution in [1.29, 1.82) is 0 Å². The van der Waals surface area contributed by atoms with Crippen LogP contribution in [0.4, 0.5) is 0 Å². The maximum absolute atomic E-state index is 11.2. The molecular formula is C12H11BrO4S. The van der Waals surface area contributed by atoms with Gasteiger partial charge in [-0.05, 0) is 37.1 Å². The van der Waals surface area contributed by atoms with Crippen LogP contribution in [0.15, 0.2) is 17.0 Å². The molecule has 1 heterocycles. The van der Waals surface area contributed by atoms with Crippen molar-refractivity contribution < 1.29 is 19.8 Å². The van der Waals surface area contributed by atoms with Gasteiger partial charge in [0, 0.05) is 4.90 Å². The fourth-order valence-electron chi connectivity index (χ4n) is 2.28. The van der Waals surface area contributed by atoms with Gasteiger partial charge in [0.2, 0.25) is 0 Å². The van der Waals surface area contributed by atoms with Crippen LogP contribution >= 0.6 is 27.7 Å². The molecule has 0 spiro atoms. The summed E-state index contributed by atoms with van der Waals surface area (Å²) in [6.45, 7) is 3.48. The summed E-state index contributed by atoms with van der Waals surface area (Å²) in [6.07, 6.45) is 0. The van der Waals surface area contributed by atoms with Gasteiger partial charge in [-0.3, -0.25) is 4.79 Å². The van der Waals surface area contributed by atoms with Crippen molar-refractivity contribution in [2.45, 2.75) is 28.3 Å². The summed E-state index contributed by atoms with van der Waals surface area (Å²) in [7, 11) is 0. The third-order valence-corrected chi connectivity index (χ3v) is 5.77. The minimum Gasteiger partial charge on any atom is -0.480 e. The summed E-state index contributed by atoms with van der Waals surface area (Å²) >= 11 is 4.69. The topological polar surface area (TPSA) is 74.6 Å². The highest BCUT2D eigenvalue weighted by atomic mass is 79.9. The normalized spacial score (nSPS) is 25.8. The number of benzene rings is 1. The van der Waals surface area contributed by atoms with E-state index in [1.165, 1.54) is 17.8 Å². The fourth-order valence-corrected chi connectivity index (χ4v) is 4.72. The Kier molecular flexibility index (Phi) is 3.19. The zero-order valence-corrected chi connectivity index (χ0v) is 12.1. The predicted molar refractivity (Wildman–Crippen MR) is 71.7 cm³/mol. The summed E-state index contributed by atoms with van der Waals surface area (Å²) in [4.78, 5) is 23.2. The first-order valence-corrected chi connectivity index (χ1v) is 6.89. The van der Waals surface area contributed by atoms with Crippen molar-refractivity contribution in [3.63, 3.8) is 0 Å². The number of aliphatic carboxylic acids is 1. The lowest BCUT2D eigenvalue weighted by Crippen LogP contribution is -2.31. The molecule has 1 aromatic rings. The molecule has 0 radical (unpaired) electrons.